The molecule has 0 aliphatic carbocycles. The first kappa shape index (κ1) is 14.6. The van der Waals surface area contributed by atoms with Gasteiger partial charge in [0.15, 0.2) is 0 Å². The van der Waals surface area contributed by atoms with Gasteiger partial charge in [0.25, 0.3) is 0 Å². The fraction of sp³-hybridized carbons (Fsp3) is 0.462. The van der Waals surface area contributed by atoms with Crippen LogP contribution in [0.3, 0.4) is 0 Å². The maximum absolute atomic E-state index is 10.2. The number of nitrogens with zero attached hydrogens (tertiary/aromatic N) is 1. The molecule has 0 heterocycles. The topological polar surface area (TPSA) is 47.9 Å². The summed E-state index contributed by atoms with van der Waals surface area (Å²) in [5.74, 6) is 1.35. The van der Waals surface area contributed by atoms with Crippen molar-refractivity contribution in [3.63, 3.8) is 0 Å². The van der Waals surface area contributed by atoms with E-state index in [-0.39, 0.29) is 6.54 Å². The van der Waals surface area contributed by atoms with Crippen molar-refractivity contribution in [3.05, 3.63) is 17.7 Å². The molecule has 1 rings (SSSR count). The van der Waals surface area contributed by atoms with Crippen LogP contribution in [-0.2, 0) is 11.3 Å². The van der Waals surface area contributed by atoms with Gasteiger partial charge in [-0.15, -0.1) is 11.8 Å². The highest BCUT2D eigenvalue weighted by molar-refractivity contribution is 7.99. The van der Waals surface area contributed by atoms with E-state index in [0.29, 0.717) is 16.7 Å². The predicted octanol–water partition coefficient (Wildman–Crippen LogP) is 3.04. The van der Waals surface area contributed by atoms with E-state index < -0.39 is 0 Å². The van der Waals surface area contributed by atoms with Gasteiger partial charge in [-0.3, -0.25) is 0 Å². The van der Waals surface area contributed by atoms with Crippen LogP contribution in [0.5, 0.6) is 11.5 Å². The highest BCUT2D eigenvalue weighted by Gasteiger charge is 2.13. The summed E-state index contributed by atoms with van der Waals surface area (Å²) < 4.78 is 10.6. The van der Waals surface area contributed by atoms with Crippen molar-refractivity contribution in [1.82, 2.24) is 0 Å². The molecular formula is C13H17NO3S. The SMILES string of the molecule is COc1cc(SC(C)C)cc(OC)c1CN=C=O. The molecule has 0 spiro atoms. The zero-order valence-electron chi connectivity index (χ0n) is 11.0. The van der Waals surface area contributed by atoms with Crippen LogP contribution in [0.25, 0.3) is 0 Å². The van der Waals surface area contributed by atoms with Crippen molar-refractivity contribution in [3.8, 4) is 11.5 Å². The van der Waals surface area contributed by atoms with Gasteiger partial charge in [-0.25, -0.2) is 9.79 Å². The molecule has 0 aromatic heterocycles. The van der Waals surface area contributed by atoms with Crippen LogP contribution < -0.4 is 9.47 Å². The van der Waals surface area contributed by atoms with Crippen molar-refractivity contribution in [2.24, 2.45) is 4.99 Å². The quantitative estimate of drug-likeness (QED) is 0.451. The number of benzene rings is 1. The highest BCUT2D eigenvalue weighted by atomic mass is 32.2. The van der Waals surface area contributed by atoms with Crippen LogP contribution in [0, 0.1) is 0 Å². The van der Waals surface area contributed by atoms with Crippen molar-refractivity contribution < 1.29 is 14.3 Å². The minimum atomic E-state index is 0.211. The summed E-state index contributed by atoms with van der Waals surface area (Å²) in [5.41, 5.74) is 0.761. The lowest BCUT2D eigenvalue weighted by molar-refractivity contribution is 0.383. The summed E-state index contributed by atoms with van der Waals surface area (Å²) >= 11 is 1.72. The Bertz CT molecular complexity index is 429. The van der Waals surface area contributed by atoms with Gasteiger partial charge in [-0.2, -0.15) is 0 Å². The second kappa shape index (κ2) is 7.09. The van der Waals surface area contributed by atoms with E-state index in [1.165, 1.54) is 6.08 Å². The molecule has 0 fully saturated rings. The second-order valence-electron chi connectivity index (χ2n) is 3.88. The maximum Gasteiger partial charge on any atom is 0.235 e. The smallest absolute Gasteiger partial charge is 0.235 e. The largest absolute Gasteiger partial charge is 0.496 e. The van der Waals surface area contributed by atoms with E-state index in [4.69, 9.17) is 9.47 Å². The van der Waals surface area contributed by atoms with Crippen molar-refractivity contribution in [1.29, 1.82) is 0 Å². The van der Waals surface area contributed by atoms with Crippen LogP contribution in [0.4, 0.5) is 0 Å². The Labute approximate surface area is 111 Å². The maximum atomic E-state index is 10.2. The van der Waals surface area contributed by atoms with Crippen LogP contribution in [-0.4, -0.2) is 25.5 Å². The van der Waals surface area contributed by atoms with Gasteiger partial charge in [0.1, 0.15) is 11.5 Å². The Morgan fingerprint density at radius 3 is 2.22 bits per heavy atom. The second-order valence-corrected chi connectivity index (χ2v) is 5.53. The Kier molecular flexibility index (Phi) is 5.75. The predicted molar refractivity (Wildman–Crippen MR) is 72.4 cm³/mol. The fourth-order valence-electron chi connectivity index (χ4n) is 1.57. The molecular weight excluding hydrogens is 250 g/mol. The van der Waals surface area contributed by atoms with E-state index in [9.17, 15) is 4.79 Å². The summed E-state index contributed by atoms with van der Waals surface area (Å²) in [5, 5.41) is 0.471. The van der Waals surface area contributed by atoms with Crippen molar-refractivity contribution >= 4 is 17.8 Å². The molecule has 0 N–H and O–H groups in total. The summed E-state index contributed by atoms with van der Waals surface area (Å²) in [6.07, 6.45) is 1.52. The van der Waals surface area contributed by atoms with E-state index in [1.54, 1.807) is 26.0 Å². The molecule has 0 aliphatic heterocycles. The molecule has 0 atom stereocenters. The van der Waals surface area contributed by atoms with Gasteiger partial charge < -0.3 is 9.47 Å². The van der Waals surface area contributed by atoms with Gasteiger partial charge in [0.05, 0.1) is 26.3 Å². The van der Waals surface area contributed by atoms with Crippen LogP contribution in [0.2, 0.25) is 0 Å². The molecule has 5 heteroatoms. The number of thioether (sulfide) groups is 1. The van der Waals surface area contributed by atoms with Crippen LogP contribution in [0.15, 0.2) is 22.0 Å². The molecule has 4 nitrogen and oxygen atoms in total. The zero-order chi connectivity index (χ0) is 13.5. The number of carbonyl (C=O) groups excluding carboxylic acids is 1. The summed E-state index contributed by atoms with van der Waals surface area (Å²) in [4.78, 5) is 14.9. The first-order valence-corrected chi connectivity index (χ1v) is 6.45. The Balaban J connectivity index is 3.19. The highest BCUT2D eigenvalue weighted by Crippen LogP contribution is 2.36. The average molecular weight is 267 g/mol. The lowest BCUT2D eigenvalue weighted by atomic mass is 10.1. The fourth-order valence-corrected chi connectivity index (χ4v) is 2.46. The number of hydrogen-bond acceptors (Lipinski definition) is 5. The standard InChI is InChI=1S/C13H17NO3S/c1-9(2)18-10-5-12(16-3)11(7-14-8-15)13(6-10)17-4/h5-6,9H,7H2,1-4H3. The molecule has 1 aromatic carbocycles. The molecule has 18 heavy (non-hydrogen) atoms. The molecule has 0 unspecified atom stereocenters. The minimum Gasteiger partial charge on any atom is -0.496 e. The van der Waals surface area contributed by atoms with Crippen LogP contribution >= 0.6 is 11.8 Å². The van der Waals surface area contributed by atoms with Gasteiger partial charge >= 0.3 is 0 Å². The van der Waals surface area contributed by atoms with E-state index in [0.717, 1.165) is 10.5 Å². The zero-order valence-corrected chi connectivity index (χ0v) is 11.8. The lowest BCUT2D eigenvalue weighted by Gasteiger charge is -2.14. The third-order valence-corrected chi connectivity index (χ3v) is 3.23. The summed E-state index contributed by atoms with van der Waals surface area (Å²) in [7, 11) is 3.18. The summed E-state index contributed by atoms with van der Waals surface area (Å²) in [6.45, 7) is 4.45. The Morgan fingerprint density at radius 2 is 1.83 bits per heavy atom. The monoisotopic (exact) mass is 267 g/mol. The number of hydrogen-bond donors (Lipinski definition) is 0. The first-order valence-electron chi connectivity index (χ1n) is 5.57. The molecule has 0 radical (unpaired) electrons. The normalized spacial score (nSPS) is 10.1. The molecule has 0 aliphatic rings. The number of rotatable bonds is 6. The average Bonchev–Trinajstić information content (AvgIpc) is 2.35. The number of methoxy groups -OCH3 is 2. The van der Waals surface area contributed by atoms with E-state index >= 15 is 0 Å². The lowest BCUT2D eigenvalue weighted by Crippen LogP contribution is -1.97. The van der Waals surface area contributed by atoms with Gasteiger partial charge in [0, 0.05) is 10.1 Å². The molecule has 0 saturated heterocycles. The number of isocyanates is 1. The number of aliphatic imine (C=N–C) groups is 1. The third kappa shape index (κ3) is 3.79. The number of ether oxygens (including phenoxy) is 2. The van der Waals surface area contributed by atoms with E-state index in [2.05, 4.69) is 18.8 Å². The van der Waals surface area contributed by atoms with Gasteiger partial charge in [-0.05, 0) is 12.1 Å². The molecule has 1 aromatic rings. The van der Waals surface area contributed by atoms with Crippen molar-refractivity contribution in [2.75, 3.05) is 14.2 Å². The Morgan fingerprint density at radius 1 is 1.28 bits per heavy atom. The Hall–Kier alpha value is -1.45. The molecule has 0 saturated carbocycles. The van der Waals surface area contributed by atoms with Gasteiger partial charge in [0.2, 0.25) is 6.08 Å². The molecule has 98 valence electrons. The summed E-state index contributed by atoms with van der Waals surface area (Å²) in [6, 6.07) is 3.87. The third-order valence-electron chi connectivity index (χ3n) is 2.25. The van der Waals surface area contributed by atoms with Crippen molar-refractivity contribution in [2.45, 2.75) is 30.5 Å². The van der Waals surface area contributed by atoms with Gasteiger partial charge in [-0.1, -0.05) is 13.8 Å². The molecule has 0 bridgehead atoms. The minimum absolute atomic E-state index is 0.211. The van der Waals surface area contributed by atoms with Crippen LogP contribution in [0.1, 0.15) is 19.4 Å². The first-order chi connectivity index (χ1) is 8.62. The van der Waals surface area contributed by atoms with E-state index in [1.807, 2.05) is 12.1 Å². The molecule has 0 amide bonds.